The van der Waals surface area contributed by atoms with Crippen molar-refractivity contribution in [2.75, 3.05) is 11.9 Å². The fraction of sp³-hybridized carbons (Fsp3) is 0.231. The van der Waals surface area contributed by atoms with Crippen LogP contribution < -0.4 is 5.32 Å². The number of aromatic nitrogens is 2. The Morgan fingerprint density at radius 1 is 1.18 bits per heavy atom. The minimum Gasteiger partial charge on any atom is -0.368 e. The van der Waals surface area contributed by atoms with Gasteiger partial charge >= 0.3 is 0 Å². The Labute approximate surface area is 106 Å². The largest absolute Gasteiger partial charge is 0.368 e. The standard InChI is InChI=1S/C13H14ClN3/c1-10-12(14)13(17-9-16-10)15-8-7-11-5-3-2-4-6-11/h2-6,9H,7-8H2,1H3,(H,15,16,17). The lowest BCUT2D eigenvalue weighted by Gasteiger charge is -2.08. The molecule has 4 heteroatoms. The topological polar surface area (TPSA) is 37.8 Å². The molecule has 0 saturated heterocycles. The van der Waals surface area contributed by atoms with Crippen LogP contribution >= 0.6 is 11.6 Å². The van der Waals surface area contributed by atoms with Crippen LogP contribution in [0.3, 0.4) is 0 Å². The molecule has 2 aromatic rings. The second kappa shape index (κ2) is 5.64. The average Bonchev–Trinajstić information content (AvgIpc) is 2.36. The Bertz CT molecular complexity index is 485. The van der Waals surface area contributed by atoms with Crippen LogP contribution in [0.2, 0.25) is 5.02 Å². The molecule has 1 heterocycles. The van der Waals surface area contributed by atoms with Crippen LogP contribution in [0.25, 0.3) is 0 Å². The Kier molecular flexibility index (Phi) is 3.94. The highest BCUT2D eigenvalue weighted by Crippen LogP contribution is 2.20. The van der Waals surface area contributed by atoms with E-state index in [0.29, 0.717) is 10.8 Å². The molecule has 0 saturated carbocycles. The van der Waals surface area contributed by atoms with E-state index in [1.165, 1.54) is 11.9 Å². The van der Waals surface area contributed by atoms with Crippen LogP contribution in [-0.2, 0) is 6.42 Å². The lowest BCUT2D eigenvalue weighted by Crippen LogP contribution is -2.07. The molecule has 0 atom stereocenters. The SMILES string of the molecule is Cc1ncnc(NCCc2ccccc2)c1Cl. The van der Waals surface area contributed by atoms with Gasteiger partial charge in [0.2, 0.25) is 0 Å². The number of benzene rings is 1. The van der Waals surface area contributed by atoms with Gasteiger partial charge in [0.15, 0.2) is 0 Å². The monoisotopic (exact) mass is 247 g/mol. The fourth-order valence-corrected chi connectivity index (χ4v) is 1.72. The number of hydrogen-bond acceptors (Lipinski definition) is 3. The van der Waals surface area contributed by atoms with Crippen LogP contribution in [-0.4, -0.2) is 16.5 Å². The van der Waals surface area contributed by atoms with Crippen molar-refractivity contribution in [3.8, 4) is 0 Å². The van der Waals surface area contributed by atoms with Gasteiger partial charge in [-0.25, -0.2) is 9.97 Å². The molecule has 2 rings (SSSR count). The van der Waals surface area contributed by atoms with Gasteiger partial charge in [-0.1, -0.05) is 41.9 Å². The summed E-state index contributed by atoms with van der Waals surface area (Å²) in [6, 6.07) is 10.3. The number of halogens is 1. The Hall–Kier alpha value is -1.61. The quantitative estimate of drug-likeness (QED) is 0.902. The first-order valence-electron chi connectivity index (χ1n) is 5.52. The summed E-state index contributed by atoms with van der Waals surface area (Å²) in [6.45, 7) is 2.67. The van der Waals surface area contributed by atoms with E-state index in [0.717, 1.165) is 18.7 Å². The molecule has 0 aliphatic carbocycles. The Morgan fingerprint density at radius 3 is 2.71 bits per heavy atom. The summed E-state index contributed by atoms with van der Waals surface area (Å²) >= 11 is 6.09. The first-order chi connectivity index (χ1) is 8.27. The van der Waals surface area contributed by atoms with Crippen LogP contribution in [0, 0.1) is 6.92 Å². The van der Waals surface area contributed by atoms with E-state index < -0.39 is 0 Å². The van der Waals surface area contributed by atoms with Gasteiger partial charge in [-0.3, -0.25) is 0 Å². The third-order valence-electron chi connectivity index (χ3n) is 2.51. The van der Waals surface area contributed by atoms with E-state index in [2.05, 4.69) is 27.4 Å². The predicted molar refractivity (Wildman–Crippen MR) is 70.4 cm³/mol. The van der Waals surface area contributed by atoms with Crippen LogP contribution in [0.1, 0.15) is 11.3 Å². The number of hydrogen-bond donors (Lipinski definition) is 1. The fourth-order valence-electron chi connectivity index (χ4n) is 1.55. The number of aryl methyl sites for hydroxylation is 1. The summed E-state index contributed by atoms with van der Waals surface area (Å²) in [5.41, 5.74) is 2.09. The van der Waals surface area contributed by atoms with Crippen molar-refractivity contribution < 1.29 is 0 Å². The van der Waals surface area contributed by atoms with E-state index >= 15 is 0 Å². The molecule has 1 aromatic carbocycles. The minimum atomic E-state index is 0.598. The summed E-state index contributed by atoms with van der Waals surface area (Å²) in [5, 5.41) is 3.82. The number of rotatable bonds is 4. The molecular weight excluding hydrogens is 234 g/mol. The summed E-state index contributed by atoms with van der Waals surface area (Å²) < 4.78 is 0. The smallest absolute Gasteiger partial charge is 0.148 e. The average molecular weight is 248 g/mol. The van der Waals surface area contributed by atoms with E-state index in [-0.39, 0.29) is 0 Å². The third-order valence-corrected chi connectivity index (χ3v) is 2.97. The molecule has 1 aromatic heterocycles. The minimum absolute atomic E-state index is 0.598. The molecule has 0 radical (unpaired) electrons. The molecule has 0 aliphatic heterocycles. The van der Waals surface area contributed by atoms with Crippen molar-refractivity contribution in [2.24, 2.45) is 0 Å². The van der Waals surface area contributed by atoms with Crippen molar-refractivity contribution in [1.29, 1.82) is 0 Å². The van der Waals surface area contributed by atoms with Crippen LogP contribution in [0.15, 0.2) is 36.7 Å². The van der Waals surface area contributed by atoms with Gasteiger partial charge in [0.05, 0.1) is 5.69 Å². The van der Waals surface area contributed by atoms with Gasteiger partial charge in [-0.15, -0.1) is 0 Å². The van der Waals surface area contributed by atoms with Gasteiger partial charge in [-0.05, 0) is 18.9 Å². The maximum Gasteiger partial charge on any atom is 0.148 e. The van der Waals surface area contributed by atoms with Gasteiger partial charge < -0.3 is 5.32 Å². The van der Waals surface area contributed by atoms with Crippen molar-refractivity contribution in [1.82, 2.24) is 9.97 Å². The molecule has 0 spiro atoms. The molecule has 1 N–H and O–H groups in total. The predicted octanol–water partition coefficient (Wildman–Crippen LogP) is 3.09. The van der Waals surface area contributed by atoms with Crippen molar-refractivity contribution in [2.45, 2.75) is 13.3 Å². The molecular formula is C13H14ClN3. The molecule has 0 aliphatic rings. The molecule has 17 heavy (non-hydrogen) atoms. The molecule has 3 nitrogen and oxygen atoms in total. The second-order valence-electron chi connectivity index (χ2n) is 3.78. The maximum absolute atomic E-state index is 6.09. The van der Waals surface area contributed by atoms with Crippen molar-refractivity contribution in [3.05, 3.63) is 52.9 Å². The summed E-state index contributed by atoms with van der Waals surface area (Å²) in [7, 11) is 0. The number of anilines is 1. The molecule has 0 bridgehead atoms. The zero-order valence-electron chi connectivity index (χ0n) is 9.65. The number of nitrogens with one attached hydrogen (secondary N) is 1. The summed E-state index contributed by atoms with van der Waals surface area (Å²) in [5.74, 6) is 0.704. The molecule has 0 amide bonds. The maximum atomic E-state index is 6.09. The van der Waals surface area contributed by atoms with Crippen molar-refractivity contribution in [3.63, 3.8) is 0 Å². The highest BCUT2D eigenvalue weighted by molar-refractivity contribution is 6.33. The van der Waals surface area contributed by atoms with Crippen LogP contribution in [0.4, 0.5) is 5.82 Å². The van der Waals surface area contributed by atoms with Gasteiger partial charge in [-0.2, -0.15) is 0 Å². The van der Waals surface area contributed by atoms with E-state index in [1.54, 1.807) is 0 Å². The van der Waals surface area contributed by atoms with E-state index in [4.69, 9.17) is 11.6 Å². The highest BCUT2D eigenvalue weighted by Gasteiger charge is 2.04. The lowest BCUT2D eigenvalue weighted by molar-refractivity contribution is 0.993. The summed E-state index contributed by atoms with van der Waals surface area (Å²) in [4.78, 5) is 8.14. The normalized spacial score (nSPS) is 10.2. The third kappa shape index (κ3) is 3.17. The van der Waals surface area contributed by atoms with Crippen LogP contribution in [0.5, 0.6) is 0 Å². The first-order valence-corrected chi connectivity index (χ1v) is 5.90. The zero-order valence-corrected chi connectivity index (χ0v) is 10.4. The van der Waals surface area contributed by atoms with Gasteiger partial charge in [0.1, 0.15) is 17.2 Å². The Balaban J connectivity index is 1.93. The second-order valence-corrected chi connectivity index (χ2v) is 4.16. The number of nitrogens with zero attached hydrogens (tertiary/aromatic N) is 2. The zero-order chi connectivity index (χ0) is 12.1. The van der Waals surface area contributed by atoms with Gasteiger partial charge in [0, 0.05) is 6.54 Å². The Morgan fingerprint density at radius 2 is 1.94 bits per heavy atom. The van der Waals surface area contributed by atoms with E-state index in [9.17, 15) is 0 Å². The first kappa shape index (κ1) is 11.9. The summed E-state index contributed by atoms with van der Waals surface area (Å²) in [6.07, 6.45) is 2.46. The highest BCUT2D eigenvalue weighted by atomic mass is 35.5. The lowest BCUT2D eigenvalue weighted by atomic mass is 10.1. The van der Waals surface area contributed by atoms with Gasteiger partial charge in [0.25, 0.3) is 0 Å². The van der Waals surface area contributed by atoms with Crippen molar-refractivity contribution >= 4 is 17.4 Å². The van der Waals surface area contributed by atoms with E-state index in [1.807, 2.05) is 25.1 Å². The molecule has 0 unspecified atom stereocenters. The molecule has 0 fully saturated rings. The molecule has 88 valence electrons.